The molecule has 1 amide bonds. The Bertz CT molecular complexity index is 349. The Morgan fingerprint density at radius 2 is 2.00 bits per heavy atom. The highest BCUT2D eigenvalue weighted by Crippen LogP contribution is 2.19. The van der Waals surface area contributed by atoms with Crippen molar-refractivity contribution in [3.05, 3.63) is 0 Å². The largest absolute Gasteiger partial charge is 0.397 e. The molecule has 1 rings (SSSR count). The third kappa shape index (κ3) is 4.50. The minimum atomic E-state index is -4.55. The number of sulfone groups is 1. The van der Waals surface area contributed by atoms with Crippen LogP contribution in [0.15, 0.2) is 0 Å². The zero-order chi connectivity index (χ0) is 11.7. The van der Waals surface area contributed by atoms with E-state index in [2.05, 4.69) is 5.32 Å². The molecule has 1 saturated heterocycles. The average molecular weight is 245 g/mol. The zero-order valence-electron chi connectivity index (χ0n) is 7.67. The summed E-state index contributed by atoms with van der Waals surface area (Å²) in [7, 11) is -3.18. The molecule has 8 heteroatoms. The van der Waals surface area contributed by atoms with Gasteiger partial charge >= 0.3 is 6.18 Å². The van der Waals surface area contributed by atoms with E-state index in [9.17, 15) is 26.4 Å². The quantitative estimate of drug-likeness (QED) is 0.758. The van der Waals surface area contributed by atoms with Crippen molar-refractivity contribution in [3.63, 3.8) is 0 Å². The molecule has 1 fully saturated rings. The molecule has 1 unspecified atom stereocenters. The standard InChI is InChI=1S/C7H10F3NO3S/c8-7(9,10)3-6(12)11-5-1-2-15(13,14)4-5/h5H,1-4H2,(H,11,12). The summed E-state index contributed by atoms with van der Waals surface area (Å²) >= 11 is 0. The molecule has 0 saturated carbocycles. The predicted molar refractivity (Wildman–Crippen MR) is 45.9 cm³/mol. The molecule has 0 aromatic carbocycles. The van der Waals surface area contributed by atoms with Gasteiger partial charge in [-0.3, -0.25) is 4.79 Å². The molecule has 1 atom stereocenters. The molecular weight excluding hydrogens is 235 g/mol. The van der Waals surface area contributed by atoms with Crippen LogP contribution in [0, 0.1) is 0 Å². The van der Waals surface area contributed by atoms with Crippen molar-refractivity contribution < 1.29 is 26.4 Å². The number of alkyl halides is 3. The van der Waals surface area contributed by atoms with Gasteiger partial charge in [0.05, 0.1) is 11.5 Å². The Kier molecular flexibility index (Phi) is 3.27. The van der Waals surface area contributed by atoms with Gasteiger partial charge in [-0.05, 0) is 6.42 Å². The van der Waals surface area contributed by atoms with Crippen molar-refractivity contribution in [2.75, 3.05) is 11.5 Å². The molecule has 0 spiro atoms. The maximum atomic E-state index is 11.8. The Labute approximate surface area is 84.8 Å². The molecule has 0 aromatic heterocycles. The molecule has 88 valence electrons. The van der Waals surface area contributed by atoms with E-state index in [4.69, 9.17) is 0 Å². The molecule has 0 aromatic rings. The van der Waals surface area contributed by atoms with Crippen LogP contribution in [0.5, 0.6) is 0 Å². The third-order valence-electron chi connectivity index (χ3n) is 1.96. The molecule has 4 nitrogen and oxygen atoms in total. The van der Waals surface area contributed by atoms with Gasteiger partial charge in [-0.25, -0.2) is 8.42 Å². The third-order valence-corrected chi connectivity index (χ3v) is 3.73. The Morgan fingerprint density at radius 3 is 2.40 bits per heavy atom. The van der Waals surface area contributed by atoms with Crippen molar-refractivity contribution in [2.45, 2.75) is 25.1 Å². The second kappa shape index (κ2) is 3.99. The lowest BCUT2D eigenvalue weighted by molar-refractivity contribution is -0.154. The van der Waals surface area contributed by atoms with Crippen molar-refractivity contribution in [2.24, 2.45) is 0 Å². The van der Waals surface area contributed by atoms with E-state index in [1.165, 1.54) is 0 Å². The number of hydrogen-bond acceptors (Lipinski definition) is 3. The highest BCUT2D eigenvalue weighted by molar-refractivity contribution is 7.91. The molecule has 0 bridgehead atoms. The van der Waals surface area contributed by atoms with Crippen molar-refractivity contribution in [3.8, 4) is 0 Å². The number of amides is 1. The molecule has 1 aliphatic heterocycles. The van der Waals surface area contributed by atoms with Gasteiger partial charge in [0.25, 0.3) is 0 Å². The summed E-state index contributed by atoms with van der Waals surface area (Å²) in [4.78, 5) is 10.8. The normalized spacial score (nSPS) is 25.1. The van der Waals surface area contributed by atoms with Crippen LogP contribution in [0.1, 0.15) is 12.8 Å². The number of hydrogen-bond donors (Lipinski definition) is 1. The van der Waals surface area contributed by atoms with Crippen LogP contribution in [0.3, 0.4) is 0 Å². The second-order valence-electron chi connectivity index (χ2n) is 3.46. The van der Waals surface area contributed by atoms with E-state index in [0.29, 0.717) is 0 Å². The van der Waals surface area contributed by atoms with Gasteiger partial charge in [-0.15, -0.1) is 0 Å². The number of rotatable bonds is 2. The topological polar surface area (TPSA) is 63.2 Å². The van der Waals surface area contributed by atoms with Crippen LogP contribution in [-0.2, 0) is 14.6 Å². The summed E-state index contributed by atoms with van der Waals surface area (Å²) in [6, 6.07) is -0.676. The van der Waals surface area contributed by atoms with Gasteiger partial charge in [-0.1, -0.05) is 0 Å². The summed E-state index contributed by atoms with van der Waals surface area (Å²) in [5, 5.41) is 2.05. The lowest BCUT2D eigenvalue weighted by Crippen LogP contribution is -2.37. The van der Waals surface area contributed by atoms with Crippen molar-refractivity contribution >= 4 is 15.7 Å². The van der Waals surface area contributed by atoms with Crippen molar-refractivity contribution in [1.29, 1.82) is 0 Å². The van der Waals surface area contributed by atoms with E-state index < -0.39 is 34.4 Å². The average Bonchev–Trinajstić information content (AvgIpc) is 2.25. The fraction of sp³-hybridized carbons (Fsp3) is 0.857. The Hall–Kier alpha value is -0.790. The first-order chi connectivity index (χ1) is 6.68. The lowest BCUT2D eigenvalue weighted by atomic mass is 10.2. The number of carbonyl (C=O) groups excluding carboxylic acids is 1. The van der Waals surface area contributed by atoms with Crippen LogP contribution in [0.2, 0.25) is 0 Å². The number of nitrogens with one attached hydrogen (secondary N) is 1. The van der Waals surface area contributed by atoms with E-state index in [1.807, 2.05) is 0 Å². The predicted octanol–water partition coefficient (Wildman–Crippen LogP) is 0.242. The SMILES string of the molecule is O=C(CC(F)(F)F)NC1CCS(=O)(=O)C1. The highest BCUT2D eigenvalue weighted by Gasteiger charge is 2.34. The van der Waals surface area contributed by atoms with Crippen LogP contribution in [-0.4, -0.2) is 38.0 Å². The molecule has 1 heterocycles. The minimum Gasteiger partial charge on any atom is -0.352 e. The summed E-state index contributed by atoms with van der Waals surface area (Å²) in [5.74, 6) is -1.52. The summed E-state index contributed by atoms with van der Waals surface area (Å²) in [6.45, 7) is 0. The first kappa shape index (κ1) is 12.3. The highest BCUT2D eigenvalue weighted by atomic mass is 32.2. The summed E-state index contributed by atoms with van der Waals surface area (Å²) < 4.78 is 57.1. The van der Waals surface area contributed by atoms with Crippen molar-refractivity contribution in [1.82, 2.24) is 5.32 Å². The van der Waals surface area contributed by atoms with E-state index in [1.54, 1.807) is 0 Å². The van der Waals surface area contributed by atoms with Gasteiger partial charge in [0, 0.05) is 6.04 Å². The first-order valence-electron chi connectivity index (χ1n) is 4.24. The van der Waals surface area contributed by atoms with Gasteiger partial charge in [0.2, 0.25) is 5.91 Å². The Morgan fingerprint density at radius 1 is 1.40 bits per heavy atom. The van der Waals surface area contributed by atoms with E-state index in [-0.39, 0.29) is 17.9 Å². The molecular formula is C7H10F3NO3S. The number of halogens is 3. The van der Waals surface area contributed by atoms with Gasteiger partial charge in [0.1, 0.15) is 6.42 Å². The van der Waals surface area contributed by atoms with E-state index in [0.717, 1.165) is 0 Å². The fourth-order valence-electron chi connectivity index (χ4n) is 1.37. The molecule has 0 radical (unpaired) electrons. The maximum Gasteiger partial charge on any atom is 0.397 e. The summed E-state index contributed by atoms with van der Waals surface area (Å²) in [5.41, 5.74) is 0. The van der Waals surface area contributed by atoms with Crippen LogP contribution in [0.4, 0.5) is 13.2 Å². The summed E-state index contributed by atoms with van der Waals surface area (Å²) in [6.07, 6.45) is -5.93. The molecule has 1 N–H and O–H groups in total. The first-order valence-corrected chi connectivity index (χ1v) is 6.07. The molecule has 1 aliphatic rings. The smallest absolute Gasteiger partial charge is 0.352 e. The molecule has 0 aliphatic carbocycles. The van der Waals surface area contributed by atoms with Crippen LogP contribution >= 0.6 is 0 Å². The van der Waals surface area contributed by atoms with Gasteiger partial charge in [-0.2, -0.15) is 13.2 Å². The van der Waals surface area contributed by atoms with Gasteiger partial charge < -0.3 is 5.32 Å². The number of carbonyl (C=O) groups is 1. The molecule has 15 heavy (non-hydrogen) atoms. The fourth-order valence-corrected chi connectivity index (χ4v) is 3.04. The zero-order valence-corrected chi connectivity index (χ0v) is 8.49. The maximum absolute atomic E-state index is 11.8. The monoisotopic (exact) mass is 245 g/mol. The van der Waals surface area contributed by atoms with E-state index >= 15 is 0 Å². The minimum absolute atomic E-state index is 0.0794. The Balaban J connectivity index is 2.41. The van der Waals surface area contributed by atoms with Crippen LogP contribution < -0.4 is 5.32 Å². The lowest BCUT2D eigenvalue weighted by Gasteiger charge is -2.11. The second-order valence-corrected chi connectivity index (χ2v) is 5.69. The van der Waals surface area contributed by atoms with Crippen LogP contribution in [0.25, 0.3) is 0 Å². The van der Waals surface area contributed by atoms with Gasteiger partial charge in [0.15, 0.2) is 9.84 Å².